The minimum Gasteiger partial charge on any atom is -0.372 e. The summed E-state index contributed by atoms with van der Waals surface area (Å²) in [6.45, 7) is 6.48. The molecule has 21 heavy (non-hydrogen) atoms. The van der Waals surface area contributed by atoms with Gasteiger partial charge in [-0.2, -0.15) is 0 Å². The number of aryl methyl sites for hydroxylation is 1. The number of nitrogens with zero attached hydrogens (tertiary/aromatic N) is 1. The highest BCUT2D eigenvalue weighted by atomic mass is 15.1. The van der Waals surface area contributed by atoms with Gasteiger partial charge in [-0.1, -0.05) is 48.5 Å². The first-order chi connectivity index (χ1) is 10.2. The average molecular weight is 282 g/mol. The van der Waals surface area contributed by atoms with Gasteiger partial charge in [-0.15, -0.1) is 0 Å². The molecule has 2 N–H and O–H groups in total. The van der Waals surface area contributed by atoms with Gasteiger partial charge >= 0.3 is 0 Å². The smallest absolute Gasteiger partial charge is 0.0395 e. The first kappa shape index (κ1) is 15.6. The Balaban J connectivity index is 1.88. The predicted octanol–water partition coefficient (Wildman–Crippen LogP) is 4.30. The van der Waals surface area contributed by atoms with Crippen LogP contribution in [0.2, 0.25) is 0 Å². The number of rotatable bonds is 7. The number of anilines is 1. The summed E-state index contributed by atoms with van der Waals surface area (Å²) in [5, 5.41) is 0. The summed E-state index contributed by atoms with van der Waals surface area (Å²) >= 11 is 0. The molecule has 0 saturated heterocycles. The minimum absolute atomic E-state index is 0.141. The van der Waals surface area contributed by atoms with Crippen LogP contribution in [0.5, 0.6) is 0 Å². The van der Waals surface area contributed by atoms with Crippen LogP contribution in [0.15, 0.2) is 54.6 Å². The van der Waals surface area contributed by atoms with Crippen LogP contribution in [0, 0.1) is 6.92 Å². The van der Waals surface area contributed by atoms with E-state index < -0.39 is 0 Å². The van der Waals surface area contributed by atoms with E-state index in [0.29, 0.717) is 0 Å². The van der Waals surface area contributed by atoms with Gasteiger partial charge in [0.05, 0.1) is 0 Å². The minimum atomic E-state index is 0.141. The summed E-state index contributed by atoms with van der Waals surface area (Å²) in [4.78, 5) is 2.44. The Kier molecular flexibility index (Phi) is 5.82. The molecule has 0 aliphatic rings. The largest absolute Gasteiger partial charge is 0.372 e. The summed E-state index contributed by atoms with van der Waals surface area (Å²) in [6, 6.07) is 19.1. The average Bonchev–Trinajstić information content (AvgIpc) is 2.53. The molecule has 2 heteroatoms. The summed E-state index contributed by atoms with van der Waals surface area (Å²) in [6.07, 6.45) is 2.13. The molecule has 0 heterocycles. The van der Waals surface area contributed by atoms with Crippen molar-refractivity contribution in [2.24, 2.45) is 5.73 Å². The van der Waals surface area contributed by atoms with Crippen LogP contribution in [0.25, 0.3) is 0 Å². The third-order valence-electron chi connectivity index (χ3n) is 4.01. The zero-order valence-electron chi connectivity index (χ0n) is 13.1. The van der Waals surface area contributed by atoms with Crippen molar-refractivity contribution >= 4 is 5.69 Å². The Morgan fingerprint density at radius 3 is 2.33 bits per heavy atom. The molecule has 112 valence electrons. The van der Waals surface area contributed by atoms with Crippen molar-refractivity contribution in [1.82, 2.24) is 0 Å². The highest BCUT2D eigenvalue weighted by molar-refractivity contribution is 5.52. The quantitative estimate of drug-likeness (QED) is 0.820. The molecule has 1 unspecified atom stereocenters. The Labute approximate surface area is 128 Å². The molecule has 0 saturated carbocycles. The molecule has 2 aromatic rings. The molecular weight excluding hydrogens is 256 g/mol. The lowest BCUT2D eigenvalue weighted by Gasteiger charge is -2.25. The van der Waals surface area contributed by atoms with E-state index in [2.05, 4.69) is 67.3 Å². The van der Waals surface area contributed by atoms with Gasteiger partial charge in [-0.3, -0.25) is 0 Å². The van der Waals surface area contributed by atoms with Crippen molar-refractivity contribution in [3.05, 3.63) is 65.7 Å². The van der Waals surface area contributed by atoms with Gasteiger partial charge in [0.2, 0.25) is 0 Å². The van der Waals surface area contributed by atoms with E-state index >= 15 is 0 Å². The third-order valence-corrected chi connectivity index (χ3v) is 4.01. The Morgan fingerprint density at radius 2 is 1.67 bits per heavy atom. The summed E-state index contributed by atoms with van der Waals surface area (Å²) in [5.41, 5.74) is 10.2. The predicted molar refractivity (Wildman–Crippen MR) is 91.7 cm³/mol. The lowest BCUT2D eigenvalue weighted by Crippen LogP contribution is -2.25. The van der Waals surface area contributed by atoms with Gasteiger partial charge in [0.1, 0.15) is 0 Å². The Hall–Kier alpha value is -1.80. The zero-order chi connectivity index (χ0) is 15.1. The summed E-state index contributed by atoms with van der Waals surface area (Å²) in [5.74, 6) is 0. The van der Waals surface area contributed by atoms with Crippen LogP contribution in [-0.2, 0) is 0 Å². The maximum Gasteiger partial charge on any atom is 0.0395 e. The van der Waals surface area contributed by atoms with Crippen molar-refractivity contribution in [3.63, 3.8) is 0 Å². The molecule has 0 aliphatic carbocycles. The fourth-order valence-corrected chi connectivity index (χ4v) is 2.74. The standard InChI is InChI=1S/C19H26N2/c1-3-21(19-14-8-7-10-16(19)2)15-9-13-18(20)17-11-5-4-6-12-17/h4-8,10-12,14,18H,3,9,13,15,20H2,1-2H3. The van der Waals surface area contributed by atoms with E-state index in [0.717, 1.165) is 25.9 Å². The van der Waals surface area contributed by atoms with Crippen LogP contribution in [0.4, 0.5) is 5.69 Å². The Morgan fingerprint density at radius 1 is 1.00 bits per heavy atom. The highest BCUT2D eigenvalue weighted by Gasteiger charge is 2.09. The van der Waals surface area contributed by atoms with Crippen LogP contribution in [0.3, 0.4) is 0 Å². The van der Waals surface area contributed by atoms with Crippen molar-refractivity contribution in [1.29, 1.82) is 0 Å². The maximum atomic E-state index is 6.27. The van der Waals surface area contributed by atoms with E-state index in [1.807, 2.05) is 6.07 Å². The molecule has 1 atom stereocenters. The van der Waals surface area contributed by atoms with Crippen LogP contribution in [-0.4, -0.2) is 13.1 Å². The SMILES string of the molecule is CCN(CCCC(N)c1ccccc1)c1ccccc1C. The molecule has 0 spiro atoms. The lowest BCUT2D eigenvalue weighted by molar-refractivity contribution is 0.601. The molecule has 0 aliphatic heterocycles. The number of hydrogen-bond acceptors (Lipinski definition) is 2. The van der Waals surface area contributed by atoms with Gasteiger partial charge in [0, 0.05) is 24.8 Å². The van der Waals surface area contributed by atoms with E-state index in [4.69, 9.17) is 5.73 Å². The van der Waals surface area contributed by atoms with E-state index in [1.54, 1.807) is 0 Å². The lowest BCUT2D eigenvalue weighted by atomic mass is 10.0. The summed E-state index contributed by atoms with van der Waals surface area (Å²) < 4.78 is 0. The van der Waals surface area contributed by atoms with Gasteiger partial charge < -0.3 is 10.6 Å². The third kappa shape index (κ3) is 4.33. The molecule has 0 radical (unpaired) electrons. The second-order valence-electron chi connectivity index (χ2n) is 5.53. The molecule has 0 bridgehead atoms. The molecule has 0 aromatic heterocycles. The van der Waals surface area contributed by atoms with E-state index in [9.17, 15) is 0 Å². The summed E-state index contributed by atoms with van der Waals surface area (Å²) in [7, 11) is 0. The van der Waals surface area contributed by atoms with Crippen LogP contribution >= 0.6 is 0 Å². The van der Waals surface area contributed by atoms with Gasteiger partial charge in [-0.25, -0.2) is 0 Å². The zero-order valence-corrected chi connectivity index (χ0v) is 13.1. The number of nitrogens with two attached hydrogens (primary N) is 1. The van der Waals surface area contributed by atoms with Crippen molar-refractivity contribution in [2.75, 3.05) is 18.0 Å². The molecule has 2 rings (SSSR count). The normalized spacial score (nSPS) is 12.1. The molecule has 0 fully saturated rings. The van der Waals surface area contributed by atoms with Crippen molar-refractivity contribution in [2.45, 2.75) is 32.7 Å². The molecule has 2 nitrogen and oxygen atoms in total. The number of para-hydroxylation sites is 1. The molecule has 0 amide bonds. The fourth-order valence-electron chi connectivity index (χ4n) is 2.74. The number of hydrogen-bond donors (Lipinski definition) is 1. The highest BCUT2D eigenvalue weighted by Crippen LogP contribution is 2.21. The second-order valence-corrected chi connectivity index (χ2v) is 5.53. The molecular formula is C19H26N2. The maximum absolute atomic E-state index is 6.27. The Bertz CT molecular complexity index is 536. The first-order valence-corrected chi connectivity index (χ1v) is 7.83. The van der Waals surface area contributed by atoms with Crippen molar-refractivity contribution in [3.8, 4) is 0 Å². The van der Waals surface area contributed by atoms with Crippen LogP contribution < -0.4 is 10.6 Å². The number of benzene rings is 2. The van der Waals surface area contributed by atoms with E-state index in [-0.39, 0.29) is 6.04 Å². The van der Waals surface area contributed by atoms with Crippen molar-refractivity contribution < 1.29 is 0 Å². The van der Waals surface area contributed by atoms with Gasteiger partial charge in [0.25, 0.3) is 0 Å². The second kappa shape index (κ2) is 7.84. The topological polar surface area (TPSA) is 29.3 Å². The first-order valence-electron chi connectivity index (χ1n) is 7.83. The monoisotopic (exact) mass is 282 g/mol. The van der Waals surface area contributed by atoms with E-state index in [1.165, 1.54) is 16.8 Å². The van der Waals surface area contributed by atoms with Crippen LogP contribution in [0.1, 0.15) is 36.9 Å². The molecule has 2 aromatic carbocycles. The van der Waals surface area contributed by atoms with Gasteiger partial charge in [-0.05, 0) is 43.9 Å². The van der Waals surface area contributed by atoms with Gasteiger partial charge in [0.15, 0.2) is 0 Å². The fraction of sp³-hybridized carbons (Fsp3) is 0.368.